The Hall–Kier alpha value is -2.28. The summed E-state index contributed by atoms with van der Waals surface area (Å²) < 4.78 is 17.0. The van der Waals surface area contributed by atoms with Crippen LogP contribution >= 0.6 is 15.9 Å². The number of carbonyl (C=O) groups excluding carboxylic acids is 2. The predicted molar refractivity (Wildman–Crippen MR) is 99.2 cm³/mol. The van der Waals surface area contributed by atoms with E-state index in [1.54, 1.807) is 20.8 Å². The van der Waals surface area contributed by atoms with Gasteiger partial charge in [-0.15, -0.1) is 0 Å². The quantitative estimate of drug-likeness (QED) is 0.412. The maximum Gasteiger partial charge on any atom is 0.358 e. The second-order valence-corrected chi connectivity index (χ2v) is 7.00. The molecular formula is C19H20BrNO5. The molecule has 1 aromatic carbocycles. The monoisotopic (exact) mass is 421 g/mol. The van der Waals surface area contributed by atoms with Gasteiger partial charge in [0.15, 0.2) is 5.70 Å². The molecule has 1 aromatic rings. The molecule has 6 nitrogen and oxygen atoms in total. The molecule has 0 aliphatic carbocycles. The van der Waals surface area contributed by atoms with Crippen LogP contribution in [0, 0.1) is 0 Å². The fourth-order valence-electron chi connectivity index (χ4n) is 2.92. The third-order valence-electron chi connectivity index (χ3n) is 4.48. The first kappa shape index (κ1) is 18.5. The second kappa shape index (κ2) is 7.53. The summed E-state index contributed by atoms with van der Waals surface area (Å²) in [6.07, 6.45) is 1.32. The summed E-state index contributed by atoms with van der Waals surface area (Å²) in [6.45, 7) is 6.10. The number of cyclic esters (lactones) is 1. The Morgan fingerprint density at radius 2 is 2.19 bits per heavy atom. The minimum atomic E-state index is -0.820. The molecule has 26 heavy (non-hydrogen) atoms. The number of carbonyl (C=O) groups is 2. The van der Waals surface area contributed by atoms with Crippen LogP contribution in [-0.4, -0.2) is 31.4 Å². The number of hydrogen-bond acceptors (Lipinski definition) is 6. The average Bonchev–Trinajstić information content (AvgIpc) is 3.12. The molecule has 1 atom stereocenters. The molecule has 0 spiro atoms. The van der Waals surface area contributed by atoms with Crippen LogP contribution in [-0.2, 0) is 30.2 Å². The molecule has 1 unspecified atom stereocenters. The SMILES string of the molecule is CCOC(=O)/C(=C/OC1OC(=O)C(C)=C1C)N1CCc2cc(Br)ccc21. The van der Waals surface area contributed by atoms with Crippen LogP contribution < -0.4 is 4.90 Å². The molecule has 3 rings (SSSR count). The van der Waals surface area contributed by atoms with Crippen molar-refractivity contribution >= 4 is 33.6 Å². The number of nitrogens with zero attached hydrogens (tertiary/aromatic N) is 1. The Morgan fingerprint density at radius 3 is 2.85 bits per heavy atom. The number of hydrogen-bond donors (Lipinski definition) is 0. The molecular weight excluding hydrogens is 402 g/mol. The van der Waals surface area contributed by atoms with E-state index in [2.05, 4.69) is 15.9 Å². The minimum absolute atomic E-state index is 0.258. The smallest absolute Gasteiger partial charge is 0.358 e. The largest absolute Gasteiger partial charge is 0.461 e. The molecule has 0 fully saturated rings. The summed E-state index contributed by atoms with van der Waals surface area (Å²) >= 11 is 3.47. The Balaban J connectivity index is 1.88. The summed E-state index contributed by atoms with van der Waals surface area (Å²) in [5.41, 5.74) is 3.57. The second-order valence-electron chi connectivity index (χ2n) is 6.08. The molecule has 7 heteroatoms. The molecule has 2 aliphatic rings. The van der Waals surface area contributed by atoms with Crippen molar-refractivity contribution in [3.05, 3.63) is 51.3 Å². The van der Waals surface area contributed by atoms with Crippen LogP contribution in [0.4, 0.5) is 5.69 Å². The van der Waals surface area contributed by atoms with Gasteiger partial charge in [-0.25, -0.2) is 9.59 Å². The van der Waals surface area contributed by atoms with Gasteiger partial charge in [0.2, 0.25) is 0 Å². The highest BCUT2D eigenvalue weighted by atomic mass is 79.9. The van der Waals surface area contributed by atoms with Crippen molar-refractivity contribution in [2.45, 2.75) is 33.5 Å². The molecule has 0 saturated carbocycles. The highest BCUT2D eigenvalue weighted by Gasteiger charge is 2.31. The zero-order valence-corrected chi connectivity index (χ0v) is 16.5. The molecule has 0 saturated heterocycles. The fraction of sp³-hybridized carbons (Fsp3) is 0.368. The van der Waals surface area contributed by atoms with Crippen LogP contribution in [0.25, 0.3) is 0 Å². The molecule has 0 amide bonds. The van der Waals surface area contributed by atoms with E-state index in [1.807, 2.05) is 23.1 Å². The highest BCUT2D eigenvalue weighted by molar-refractivity contribution is 9.10. The van der Waals surface area contributed by atoms with Crippen molar-refractivity contribution in [2.24, 2.45) is 0 Å². The van der Waals surface area contributed by atoms with E-state index in [0.717, 1.165) is 22.1 Å². The minimum Gasteiger partial charge on any atom is -0.461 e. The van der Waals surface area contributed by atoms with Gasteiger partial charge >= 0.3 is 11.9 Å². The van der Waals surface area contributed by atoms with Gasteiger partial charge in [-0.2, -0.15) is 0 Å². The van der Waals surface area contributed by atoms with Gasteiger partial charge in [-0.1, -0.05) is 15.9 Å². The first-order chi connectivity index (χ1) is 12.4. The first-order valence-electron chi connectivity index (χ1n) is 8.39. The van der Waals surface area contributed by atoms with Gasteiger partial charge in [0.05, 0.1) is 6.61 Å². The van der Waals surface area contributed by atoms with Crippen molar-refractivity contribution < 1.29 is 23.8 Å². The molecule has 2 aliphatic heterocycles. The van der Waals surface area contributed by atoms with E-state index in [0.29, 0.717) is 17.7 Å². The van der Waals surface area contributed by atoms with Gasteiger partial charge in [-0.3, -0.25) is 0 Å². The molecule has 2 heterocycles. The van der Waals surface area contributed by atoms with Crippen LogP contribution in [0.1, 0.15) is 26.3 Å². The summed E-state index contributed by atoms with van der Waals surface area (Å²) in [4.78, 5) is 26.0. The highest BCUT2D eigenvalue weighted by Crippen LogP contribution is 2.34. The Kier molecular flexibility index (Phi) is 5.36. The van der Waals surface area contributed by atoms with E-state index >= 15 is 0 Å². The summed E-state index contributed by atoms with van der Waals surface area (Å²) in [5, 5.41) is 0. The van der Waals surface area contributed by atoms with E-state index in [9.17, 15) is 9.59 Å². The lowest BCUT2D eigenvalue weighted by Crippen LogP contribution is -2.28. The number of halogens is 1. The lowest BCUT2D eigenvalue weighted by atomic mass is 10.2. The van der Waals surface area contributed by atoms with Crippen LogP contribution in [0.15, 0.2) is 45.8 Å². The van der Waals surface area contributed by atoms with Crippen molar-refractivity contribution in [1.82, 2.24) is 0 Å². The average molecular weight is 422 g/mol. The van der Waals surface area contributed by atoms with Crippen molar-refractivity contribution in [2.75, 3.05) is 18.1 Å². The molecule has 0 radical (unpaired) electrons. The maximum absolute atomic E-state index is 12.5. The van der Waals surface area contributed by atoms with Crippen LogP contribution in [0.2, 0.25) is 0 Å². The van der Waals surface area contributed by atoms with E-state index in [-0.39, 0.29) is 12.3 Å². The fourth-order valence-corrected chi connectivity index (χ4v) is 3.32. The van der Waals surface area contributed by atoms with Gasteiger partial charge in [-0.05, 0) is 51.0 Å². The zero-order chi connectivity index (χ0) is 18.8. The number of ether oxygens (including phenoxy) is 3. The summed E-state index contributed by atoms with van der Waals surface area (Å²) in [7, 11) is 0. The molecule has 0 aromatic heterocycles. The first-order valence-corrected chi connectivity index (χ1v) is 9.18. The van der Waals surface area contributed by atoms with Crippen molar-refractivity contribution in [3.63, 3.8) is 0 Å². The van der Waals surface area contributed by atoms with Crippen LogP contribution in [0.3, 0.4) is 0 Å². The topological polar surface area (TPSA) is 65.1 Å². The van der Waals surface area contributed by atoms with E-state index in [4.69, 9.17) is 14.2 Å². The number of rotatable bonds is 5. The predicted octanol–water partition coefficient (Wildman–Crippen LogP) is 3.45. The lowest BCUT2D eigenvalue weighted by molar-refractivity contribution is -0.153. The Bertz CT molecular complexity index is 814. The maximum atomic E-state index is 12.5. The van der Waals surface area contributed by atoms with Gasteiger partial charge in [0.1, 0.15) is 6.26 Å². The normalized spacial score (nSPS) is 19.5. The van der Waals surface area contributed by atoms with Gasteiger partial charge < -0.3 is 19.1 Å². The number of benzene rings is 1. The van der Waals surface area contributed by atoms with E-state index in [1.165, 1.54) is 6.26 Å². The number of esters is 2. The van der Waals surface area contributed by atoms with Crippen molar-refractivity contribution in [3.8, 4) is 0 Å². The zero-order valence-electron chi connectivity index (χ0n) is 14.9. The molecule has 0 N–H and O–H groups in total. The summed E-state index contributed by atoms with van der Waals surface area (Å²) in [6, 6.07) is 5.91. The number of fused-ring (bicyclic) bond motifs is 1. The van der Waals surface area contributed by atoms with Gasteiger partial charge in [0, 0.05) is 27.9 Å². The molecule has 138 valence electrons. The third-order valence-corrected chi connectivity index (χ3v) is 4.97. The number of anilines is 1. The Labute approximate surface area is 160 Å². The van der Waals surface area contributed by atoms with Crippen molar-refractivity contribution in [1.29, 1.82) is 0 Å². The lowest BCUT2D eigenvalue weighted by Gasteiger charge is -2.22. The van der Waals surface area contributed by atoms with E-state index < -0.39 is 18.2 Å². The van der Waals surface area contributed by atoms with Crippen LogP contribution in [0.5, 0.6) is 0 Å². The third kappa shape index (κ3) is 3.49. The van der Waals surface area contributed by atoms with Gasteiger partial charge in [0.25, 0.3) is 6.29 Å². The standard InChI is InChI=1S/C19H20BrNO5/c1-4-24-18(23)16(10-25-19-12(3)11(2)17(22)26-19)21-8-7-13-9-14(20)5-6-15(13)21/h5-6,9-10,19H,4,7-8H2,1-3H3/b16-10-. The molecule has 0 bridgehead atoms. The Morgan fingerprint density at radius 1 is 1.42 bits per heavy atom. The summed E-state index contributed by atoms with van der Waals surface area (Å²) in [5.74, 6) is -0.888.